The van der Waals surface area contributed by atoms with Crippen molar-refractivity contribution in [3.8, 4) is 0 Å². The van der Waals surface area contributed by atoms with Crippen LogP contribution in [0.25, 0.3) is 0 Å². The Morgan fingerprint density at radius 1 is 1.33 bits per heavy atom. The van der Waals surface area contributed by atoms with Gasteiger partial charge in [-0.2, -0.15) is 0 Å². The first-order valence-electron chi connectivity index (χ1n) is 6.21. The number of hydrogen-bond donors (Lipinski definition) is 2. The highest BCUT2D eigenvalue weighted by molar-refractivity contribution is 6.33. The molecule has 1 aliphatic heterocycles. The van der Waals surface area contributed by atoms with Crippen LogP contribution in [0.1, 0.15) is 10.4 Å². The summed E-state index contributed by atoms with van der Waals surface area (Å²) >= 11 is 5.76. The number of nitrogens with zero attached hydrogens (tertiary/aromatic N) is 2. The molecule has 1 fully saturated rings. The lowest BCUT2D eigenvalue weighted by Gasteiger charge is -2.31. The number of urea groups is 1. The average Bonchev–Trinajstić information content (AvgIpc) is 2.43. The Labute approximate surface area is 126 Å². The monoisotopic (exact) mass is 311 g/mol. The Morgan fingerprint density at radius 3 is 2.67 bits per heavy atom. The van der Waals surface area contributed by atoms with E-state index < -0.39 is 12.0 Å². The highest BCUT2D eigenvalue weighted by Crippen LogP contribution is 2.21. The highest BCUT2D eigenvalue weighted by atomic mass is 35.5. The summed E-state index contributed by atoms with van der Waals surface area (Å²) in [6, 6.07) is 3.73. The largest absolute Gasteiger partial charge is 0.478 e. The van der Waals surface area contributed by atoms with E-state index in [1.54, 1.807) is 11.9 Å². The molecular formula is C13H14ClN3O4. The summed E-state index contributed by atoms with van der Waals surface area (Å²) in [5.74, 6) is -1.32. The van der Waals surface area contributed by atoms with Gasteiger partial charge in [-0.15, -0.1) is 0 Å². The van der Waals surface area contributed by atoms with Crippen LogP contribution in [-0.2, 0) is 4.79 Å². The molecule has 1 aliphatic rings. The molecule has 1 saturated heterocycles. The third-order valence-electron chi connectivity index (χ3n) is 3.19. The number of carbonyl (C=O) groups is 3. The minimum atomic E-state index is -1.18. The fourth-order valence-electron chi connectivity index (χ4n) is 1.90. The second-order valence-electron chi connectivity index (χ2n) is 4.67. The van der Waals surface area contributed by atoms with E-state index in [2.05, 4.69) is 5.32 Å². The van der Waals surface area contributed by atoms with Gasteiger partial charge in [0.15, 0.2) is 0 Å². The molecule has 2 N–H and O–H groups in total. The van der Waals surface area contributed by atoms with Crippen LogP contribution in [0.4, 0.5) is 10.5 Å². The van der Waals surface area contributed by atoms with Crippen LogP contribution >= 0.6 is 11.6 Å². The van der Waals surface area contributed by atoms with Crippen molar-refractivity contribution in [2.45, 2.75) is 0 Å². The van der Waals surface area contributed by atoms with Crippen molar-refractivity contribution in [3.05, 3.63) is 28.8 Å². The van der Waals surface area contributed by atoms with Crippen molar-refractivity contribution in [1.29, 1.82) is 0 Å². The number of carboxylic acids is 1. The van der Waals surface area contributed by atoms with Crippen LogP contribution in [0, 0.1) is 0 Å². The fourth-order valence-corrected chi connectivity index (χ4v) is 2.10. The lowest BCUT2D eigenvalue weighted by Crippen LogP contribution is -2.51. The molecule has 21 heavy (non-hydrogen) atoms. The second kappa shape index (κ2) is 6.01. The number of carbonyl (C=O) groups excluding carboxylic acids is 2. The number of nitrogens with one attached hydrogen (secondary N) is 1. The zero-order chi connectivity index (χ0) is 15.6. The Hall–Kier alpha value is -2.28. The van der Waals surface area contributed by atoms with Crippen LogP contribution < -0.4 is 5.32 Å². The predicted molar refractivity (Wildman–Crippen MR) is 76.6 cm³/mol. The first-order valence-corrected chi connectivity index (χ1v) is 6.59. The molecule has 2 rings (SSSR count). The molecule has 0 aromatic heterocycles. The van der Waals surface area contributed by atoms with Gasteiger partial charge in [-0.3, -0.25) is 4.79 Å². The van der Waals surface area contributed by atoms with Crippen LogP contribution in [-0.4, -0.2) is 59.5 Å². The normalized spacial score (nSPS) is 15.0. The van der Waals surface area contributed by atoms with E-state index in [4.69, 9.17) is 16.7 Å². The van der Waals surface area contributed by atoms with Gasteiger partial charge in [0.25, 0.3) is 0 Å². The quantitative estimate of drug-likeness (QED) is 0.862. The number of aromatic carboxylic acids is 1. The van der Waals surface area contributed by atoms with E-state index in [1.807, 2.05) is 0 Å². The number of amides is 3. The number of hydrogen-bond acceptors (Lipinski definition) is 3. The lowest BCUT2D eigenvalue weighted by atomic mass is 10.2. The molecule has 7 nitrogen and oxygen atoms in total. The Bertz CT molecular complexity index is 605. The standard InChI is InChI=1S/C13H14ClN3O4/c1-16-4-5-17(7-11(16)18)13(21)15-8-2-3-10(14)9(6-8)12(19)20/h2-3,6H,4-5,7H2,1H3,(H,15,21)(H,19,20). The average molecular weight is 312 g/mol. The van der Waals surface area contributed by atoms with Crippen molar-refractivity contribution >= 4 is 35.2 Å². The number of carboxylic acid groups (broad SMARTS) is 1. The number of halogens is 1. The molecular weight excluding hydrogens is 298 g/mol. The molecule has 0 atom stereocenters. The number of piperazine rings is 1. The molecule has 112 valence electrons. The molecule has 8 heteroatoms. The Kier molecular flexibility index (Phi) is 4.32. The van der Waals surface area contributed by atoms with Crippen LogP contribution in [0.2, 0.25) is 5.02 Å². The van der Waals surface area contributed by atoms with Crippen LogP contribution in [0.3, 0.4) is 0 Å². The van der Waals surface area contributed by atoms with Crippen molar-refractivity contribution < 1.29 is 19.5 Å². The van der Waals surface area contributed by atoms with E-state index in [-0.39, 0.29) is 23.0 Å². The SMILES string of the molecule is CN1CCN(C(=O)Nc2ccc(Cl)c(C(=O)O)c2)CC1=O. The van der Waals surface area contributed by atoms with Gasteiger partial charge >= 0.3 is 12.0 Å². The van der Waals surface area contributed by atoms with Gasteiger partial charge in [-0.1, -0.05) is 11.6 Å². The first-order chi connectivity index (χ1) is 9.88. The zero-order valence-corrected chi connectivity index (χ0v) is 12.1. The minimum Gasteiger partial charge on any atom is -0.478 e. The molecule has 0 bridgehead atoms. The predicted octanol–water partition coefficient (Wildman–Crippen LogP) is 1.34. The Morgan fingerprint density at radius 2 is 2.05 bits per heavy atom. The third kappa shape index (κ3) is 3.43. The summed E-state index contributed by atoms with van der Waals surface area (Å²) < 4.78 is 0. The fraction of sp³-hybridized carbons (Fsp3) is 0.308. The Balaban J connectivity index is 2.08. The summed E-state index contributed by atoms with van der Waals surface area (Å²) in [6.07, 6.45) is 0. The van der Waals surface area contributed by atoms with Crippen molar-refractivity contribution in [1.82, 2.24) is 9.80 Å². The molecule has 0 radical (unpaired) electrons. The van der Waals surface area contributed by atoms with Gasteiger partial charge in [0.05, 0.1) is 10.6 Å². The van der Waals surface area contributed by atoms with E-state index in [1.165, 1.54) is 23.1 Å². The number of benzene rings is 1. The van der Waals surface area contributed by atoms with E-state index in [9.17, 15) is 14.4 Å². The zero-order valence-electron chi connectivity index (χ0n) is 11.3. The molecule has 1 aromatic rings. The maximum atomic E-state index is 12.0. The maximum absolute atomic E-state index is 12.0. The van der Waals surface area contributed by atoms with Gasteiger partial charge in [0.2, 0.25) is 5.91 Å². The first kappa shape index (κ1) is 15.1. The van der Waals surface area contributed by atoms with Gasteiger partial charge in [0, 0.05) is 25.8 Å². The molecule has 1 heterocycles. The molecule has 0 unspecified atom stereocenters. The van der Waals surface area contributed by atoms with Crippen LogP contribution in [0.15, 0.2) is 18.2 Å². The molecule has 3 amide bonds. The molecule has 0 spiro atoms. The third-order valence-corrected chi connectivity index (χ3v) is 3.52. The number of likely N-dealkylation sites (N-methyl/N-ethyl adjacent to an activating group) is 1. The van der Waals surface area contributed by atoms with Crippen molar-refractivity contribution in [2.24, 2.45) is 0 Å². The molecule has 1 aromatic carbocycles. The summed E-state index contributed by atoms with van der Waals surface area (Å²) in [4.78, 5) is 37.5. The summed E-state index contributed by atoms with van der Waals surface area (Å²) in [6.45, 7) is 0.891. The summed E-state index contributed by atoms with van der Waals surface area (Å²) in [5.41, 5.74) is 0.220. The maximum Gasteiger partial charge on any atom is 0.337 e. The molecule has 0 saturated carbocycles. The minimum absolute atomic E-state index is 0.00170. The number of rotatable bonds is 2. The van der Waals surface area contributed by atoms with Crippen molar-refractivity contribution in [2.75, 3.05) is 32.0 Å². The van der Waals surface area contributed by atoms with Crippen LogP contribution in [0.5, 0.6) is 0 Å². The lowest BCUT2D eigenvalue weighted by molar-refractivity contribution is -0.133. The smallest absolute Gasteiger partial charge is 0.337 e. The second-order valence-corrected chi connectivity index (χ2v) is 5.07. The summed E-state index contributed by atoms with van der Waals surface area (Å²) in [5, 5.41) is 11.6. The topological polar surface area (TPSA) is 89.9 Å². The van der Waals surface area contributed by atoms with E-state index in [0.29, 0.717) is 18.8 Å². The molecule has 0 aliphatic carbocycles. The van der Waals surface area contributed by atoms with Gasteiger partial charge in [0.1, 0.15) is 6.54 Å². The number of anilines is 1. The van der Waals surface area contributed by atoms with Gasteiger partial charge in [-0.05, 0) is 18.2 Å². The van der Waals surface area contributed by atoms with E-state index >= 15 is 0 Å². The van der Waals surface area contributed by atoms with Gasteiger partial charge < -0.3 is 20.2 Å². The highest BCUT2D eigenvalue weighted by Gasteiger charge is 2.25. The summed E-state index contributed by atoms with van der Waals surface area (Å²) in [7, 11) is 1.68. The van der Waals surface area contributed by atoms with Gasteiger partial charge in [-0.25, -0.2) is 9.59 Å². The van der Waals surface area contributed by atoms with E-state index in [0.717, 1.165) is 0 Å². The van der Waals surface area contributed by atoms with Crippen molar-refractivity contribution in [3.63, 3.8) is 0 Å².